The molecule has 1 aliphatic heterocycles. The summed E-state index contributed by atoms with van der Waals surface area (Å²) in [6.45, 7) is 1.96. The second-order valence-corrected chi connectivity index (χ2v) is 5.59. The molecule has 2 unspecified atom stereocenters. The average Bonchev–Trinajstić information content (AvgIpc) is 3.15. The van der Waals surface area contributed by atoms with Gasteiger partial charge < -0.3 is 20.1 Å². The molecule has 20 heavy (non-hydrogen) atoms. The van der Waals surface area contributed by atoms with Gasteiger partial charge >= 0.3 is 18.0 Å². The van der Waals surface area contributed by atoms with Crippen molar-refractivity contribution in [1.82, 2.24) is 10.2 Å². The Morgan fingerprint density at radius 2 is 1.95 bits per heavy atom. The van der Waals surface area contributed by atoms with Gasteiger partial charge in [0, 0.05) is 6.54 Å². The van der Waals surface area contributed by atoms with E-state index >= 15 is 0 Å². The fourth-order valence-electron chi connectivity index (χ4n) is 2.68. The lowest BCUT2D eigenvalue weighted by Gasteiger charge is -2.30. The van der Waals surface area contributed by atoms with Crippen LogP contribution < -0.4 is 5.32 Å². The largest absolute Gasteiger partial charge is 0.480 e. The number of hydrogen-bond acceptors (Lipinski definition) is 4. The molecule has 1 saturated heterocycles. The quantitative estimate of drug-likeness (QED) is 0.736. The van der Waals surface area contributed by atoms with Crippen LogP contribution in [-0.2, 0) is 14.3 Å². The molecule has 0 bridgehead atoms. The van der Waals surface area contributed by atoms with Crippen LogP contribution in [-0.4, -0.2) is 53.2 Å². The molecule has 0 aromatic heterocycles. The molecule has 0 aromatic rings. The maximum Gasteiger partial charge on any atom is 0.329 e. The maximum atomic E-state index is 12.3. The van der Waals surface area contributed by atoms with Crippen LogP contribution >= 0.6 is 0 Å². The number of carboxylic acids is 1. The molecule has 7 nitrogen and oxygen atoms in total. The fraction of sp³-hybridized carbons (Fsp3) is 0.769. The van der Waals surface area contributed by atoms with Gasteiger partial charge in [0.25, 0.3) is 0 Å². The monoisotopic (exact) mass is 284 g/mol. The molecule has 2 rings (SSSR count). The molecule has 0 aromatic carbocycles. The van der Waals surface area contributed by atoms with Crippen molar-refractivity contribution in [3.05, 3.63) is 0 Å². The third kappa shape index (κ3) is 2.57. The van der Waals surface area contributed by atoms with Gasteiger partial charge in [-0.15, -0.1) is 0 Å². The Kier molecular flexibility index (Phi) is 3.87. The number of nitrogens with zero attached hydrogens (tertiary/aromatic N) is 1. The van der Waals surface area contributed by atoms with E-state index in [1.807, 2.05) is 0 Å². The summed E-state index contributed by atoms with van der Waals surface area (Å²) in [7, 11) is 1.28. The van der Waals surface area contributed by atoms with E-state index < -0.39 is 29.6 Å². The summed E-state index contributed by atoms with van der Waals surface area (Å²) < 4.78 is 4.67. The van der Waals surface area contributed by atoms with E-state index in [0.29, 0.717) is 19.4 Å². The van der Waals surface area contributed by atoms with Crippen LogP contribution in [0.1, 0.15) is 32.6 Å². The van der Waals surface area contributed by atoms with E-state index in [1.54, 1.807) is 0 Å². The van der Waals surface area contributed by atoms with Crippen molar-refractivity contribution in [2.75, 3.05) is 13.7 Å². The number of carbonyl (C=O) groups excluding carboxylic acids is 2. The number of methoxy groups -OCH3 is 1. The zero-order valence-corrected chi connectivity index (χ0v) is 11.7. The number of likely N-dealkylation sites (tertiary alicyclic amines) is 1. The van der Waals surface area contributed by atoms with E-state index in [0.717, 1.165) is 12.8 Å². The van der Waals surface area contributed by atoms with Gasteiger partial charge in [-0.25, -0.2) is 14.4 Å². The van der Waals surface area contributed by atoms with Crippen LogP contribution in [0.5, 0.6) is 0 Å². The lowest BCUT2D eigenvalue weighted by molar-refractivity contribution is -0.145. The molecular weight excluding hydrogens is 264 g/mol. The first-order chi connectivity index (χ1) is 9.40. The highest BCUT2D eigenvalue weighted by molar-refractivity contribution is 5.89. The Balaban J connectivity index is 2.07. The van der Waals surface area contributed by atoms with Crippen LogP contribution in [0.3, 0.4) is 0 Å². The molecule has 0 radical (unpaired) electrons. The number of rotatable bonds is 4. The van der Waals surface area contributed by atoms with Crippen molar-refractivity contribution >= 4 is 18.0 Å². The van der Waals surface area contributed by atoms with Crippen LogP contribution in [0.15, 0.2) is 0 Å². The number of carbonyl (C=O) groups is 3. The highest BCUT2D eigenvalue weighted by atomic mass is 16.5. The Bertz CT molecular complexity index is 434. The molecule has 112 valence electrons. The second kappa shape index (κ2) is 5.30. The summed E-state index contributed by atoms with van der Waals surface area (Å²) in [4.78, 5) is 36.7. The number of hydrogen-bond donors (Lipinski definition) is 2. The molecule has 2 amide bonds. The first-order valence-corrected chi connectivity index (χ1v) is 6.80. The summed E-state index contributed by atoms with van der Waals surface area (Å²) in [6.07, 6.45) is 2.85. The number of amides is 2. The highest BCUT2D eigenvalue weighted by Gasteiger charge is 2.50. The van der Waals surface area contributed by atoms with Crippen molar-refractivity contribution in [3.63, 3.8) is 0 Å². The van der Waals surface area contributed by atoms with Crippen LogP contribution in [0, 0.1) is 5.92 Å². The Morgan fingerprint density at radius 3 is 2.45 bits per heavy atom. The standard InChI is InChI=1S/C13H20N2O5/c1-13(11(17)18,8-5-6-8)14-12(19)15-7-3-4-9(15)10(16)20-2/h8-9H,3-7H2,1-2H3,(H,14,19)(H,17,18). The van der Waals surface area contributed by atoms with Crippen molar-refractivity contribution in [2.24, 2.45) is 5.92 Å². The number of esters is 1. The lowest BCUT2D eigenvalue weighted by atomic mass is 9.96. The lowest BCUT2D eigenvalue weighted by Crippen LogP contribution is -2.58. The fourth-order valence-corrected chi connectivity index (χ4v) is 2.68. The van der Waals surface area contributed by atoms with Crippen molar-refractivity contribution in [3.8, 4) is 0 Å². The molecule has 2 aliphatic rings. The van der Waals surface area contributed by atoms with E-state index in [1.165, 1.54) is 18.9 Å². The number of nitrogens with one attached hydrogen (secondary N) is 1. The molecule has 7 heteroatoms. The zero-order valence-electron chi connectivity index (χ0n) is 11.7. The summed E-state index contributed by atoms with van der Waals surface area (Å²) in [5.41, 5.74) is -1.26. The van der Waals surface area contributed by atoms with Gasteiger partial charge in [0.15, 0.2) is 0 Å². The normalized spacial score (nSPS) is 24.9. The molecule has 0 spiro atoms. The minimum Gasteiger partial charge on any atom is -0.480 e. The first-order valence-electron chi connectivity index (χ1n) is 6.80. The Labute approximate surface area is 117 Å². The van der Waals surface area contributed by atoms with Crippen LogP contribution in [0.25, 0.3) is 0 Å². The number of ether oxygens (including phenoxy) is 1. The number of urea groups is 1. The Hall–Kier alpha value is -1.79. The predicted octanol–water partition coefficient (Wildman–Crippen LogP) is 0.587. The Morgan fingerprint density at radius 1 is 1.30 bits per heavy atom. The number of carboxylic acid groups (broad SMARTS) is 1. The van der Waals surface area contributed by atoms with E-state index in [-0.39, 0.29) is 5.92 Å². The third-order valence-corrected chi connectivity index (χ3v) is 4.19. The minimum absolute atomic E-state index is 0.0388. The van der Waals surface area contributed by atoms with Gasteiger partial charge in [-0.1, -0.05) is 0 Å². The van der Waals surface area contributed by atoms with E-state index in [4.69, 9.17) is 0 Å². The molecule has 2 N–H and O–H groups in total. The molecule has 2 fully saturated rings. The van der Waals surface area contributed by atoms with Crippen LogP contribution in [0.2, 0.25) is 0 Å². The SMILES string of the molecule is COC(=O)C1CCCN1C(=O)NC(C)(C(=O)O)C1CC1. The highest BCUT2D eigenvalue weighted by Crippen LogP contribution is 2.40. The summed E-state index contributed by atoms with van der Waals surface area (Å²) in [5, 5.41) is 11.9. The van der Waals surface area contributed by atoms with Gasteiger partial charge in [-0.05, 0) is 38.5 Å². The minimum atomic E-state index is -1.26. The summed E-state index contributed by atoms with van der Waals surface area (Å²) >= 11 is 0. The molecule has 2 atom stereocenters. The molecular formula is C13H20N2O5. The summed E-state index contributed by atoms with van der Waals surface area (Å²) in [6, 6.07) is -1.12. The topological polar surface area (TPSA) is 95.9 Å². The summed E-state index contributed by atoms with van der Waals surface area (Å²) in [5.74, 6) is -1.54. The molecule has 1 heterocycles. The average molecular weight is 284 g/mol. The predicted molar refractivity (Wildman–Crippen MR) is 69.0 cm³/mol. The first kappa shape index (κ1) is 14.6. The van der Waals surface area contributed by atoms with E-state index in [2.05, 4.69) is 10.1 Å². The van der Waals surface area contributed by atoms with E-state index in [9.17, 15) is 19.5 Å². The van der Waals surface area contributed by atoms with Gasteiger partial charge in [0.2, 0.25) is 0 Å². The smallest absolute Gasteiger partial charge is 0.329 e. The third-order valence-electron chi connectivity index (χ3n) is 4.19. The van der Waals surface area contributed by atoms with Gasteiger partial charge in [-0.3, -0.25) is 0 Å². The second-order valence-electron chi connectivity index (χ2n) is 5.59. The molecule has 1 aliphatic carbocycles. The van der Waals surface area contributed by atoms with Crippen molar-refractivity contribution in [2.45, 2.75) is 44.2 Å². The van der Waals surface area contributed by atoms with Crippen molar-refractivity contribution in [1.29, 1.82) is 0 Å². The zero-order chi connectivity index (χ0) is 14.9. The van der Waals surface area contributed by atoms with Crippen molar-refractivity contribution < 1.29 is 24.2 Å². The maximum absolute atomic E-state index is 12.3. The number of aliphatic carboxylic acids is 1. The van der Waals surface area contributed by atoms with Gasteiger partial charge in [0.05, 0.1) is 7.11 Å². The van der Waals surface area contributed by atoms with Crippen LogP contribution in [0.4, 0.5) is 4.79 Å². The van der Waals surface area contributed by atoms with Gasteiger partial charge in [-0.2, -0.15) is 0 Å². The van der Waals surface area contributed by atoms with Gasteiger partial charge in [0.1, 0.15) is 11.6 Å². The molecule has 1 saturated carbocycles.